The van der Waals surface area contributed by atoms with Crippen molar-refractivity contribution in [3.63, 3.8) is 0 Å². The maximum Gasteiger partial charge on any atom is 0.0494 e. The van der Waals surface area contributed by atoms with Gasteiger partial charge in [-0.25, -0.2) is 0 Å². The molecule has 0 bridgehead atoms. The van der Waals surface area contributed by atoms with Crippen LogP contribution in [0.25, 0.3) is 0 Å². The highest BCUT2D eigenvalue weighted by Gasteiger charge is 2.29. The van der Waals surface area contributed by atoms with E-state index in [2.05, 4.69) is 46.0 Å². The van der Waals surface area contributed by atoms with Gasteiger partial charge in [0.25, 0.3) is 0 Å². The SMILES string of the molecule is CCCN(c1cc(Br)ccc1CCl)C1CC1. The van der Waals surface area contributed by atoms with E-state index in [1.54, 1.807) is 0 Å². The minimum Gasteiger partial charge on any atom is -0.368 e. The third-order valence-electron chi connectivity index (χ3n) is 2.95. The maximum absolute atomic E-state index is 6.01. The Labute approximate surface area is 111 Å². The standard InChI is InChI=1S/C13H17BrClN/c1-2-7-16(12-5-6-12)13-8-11(14)4-3-10(13)9-15/h3-4,8,12H,2,5-7,9H2,1H3. The molecular formula is C13H17BrClN. The van der Waals surface area contributed by atoms with Gasteiger partial charge in [-0.3, -0.25) is 0 Å². The van der Waals surface area contributed by atoms with Crippen LogP contribution in [-0.4, -0.2) is 12.6 Å². The lowest BCUT2D eigenvalue weighted by molar-refractivity contribution is 0.760. The van der Waals surface area contributed by atoms with Crippen molar-refractivity contribution in [2.24, 2.45) is 0 Å². The van der Waals surface area contributed by atoms with E-state index in [-0.39, 0.29) is 0 Å². The van der Waals surface area contributed by atoms with Crippen molar-refractivity contribution in [3.05, 3.63) is 28.2 Å². The summed E-state index contributed by atoms with van der Waals surface area (Å²) in [7, 11) is 0. The molecular weight excluding hydrogens is 286 g/mol. The average Bonchev–Trinajstić information content (AvgIpc) is 3.10. The predicted octanol–water partition coefficient (Wildman–Crippen LogP) is 4.57. The normalized spacial score (nSPS) is 15.2. The zero-order valence-electron chi connectivity index (χ0n) is 9.55. The molecule has 0 radical (unpaired) electrons. The number of nitrogens with zero attached hydrogens (tertiary/aromatic N) is 1. The molecule has 1 saturated carbocycles. The fourth-order valence-electron chi connectivity index (χ4n) is 2.04. The van der Waals surface area contributed by atoms with E-state index in [9.17, 15) is 0 Å². The molecule has 1 aliphatic rings. The molecule has 0 spiro atoms. The molecule has 16 heavy (non-hydrogen) atoms. The fourth-order valence-corrected chi connectivity index (χ4v) is 2.62. The highest BCUT2D eigenvalue weighted by atomic mass is 79.9. The summed E-state index contributed by atoms with van der Waals surface area (Å²) < 4.78 is 1.14. The van der Waals surface area contributed by atoms with Gasteiger partial charge in [-0.05, 0) is 37.0 Å². The first-order valence-electron chi connectivity index (χ1n) is 5.87. The molecule has 0 saturated heterocycles. The fraction of sp³-hybridized carbons (Fsp3) is 0.538. The Bertz CT molecular complexity index is 363. The van der Waals surface area contributed by atoms with Crippen molar-refractivity contribution in [1.82, 2.24) is 0 Å². The zero-order valence-corrected chi connectivity index (χ0v) is 11.9. The van der Waals surface area contributed by atoms with Crippen LogP contribution >= 0.6 is 27.5 Å². The molecule has 0 amide bonds. The first-order chi connectivity index (χ1) is 7.76. The maximum atomic E-state index is 6.01. The van der Waals surface area contributed by atoms with E-state index in [4.69, 9.17) is 11.6 Å². The third-order valence-corrected chi connectivity index (χ3v) is 3.73. The van der Waals surface area contributed by atoms with Crippen LogP contribution in [0.5, 0.6) is 0 Å². The van der Waals surface area contributed by atoms with Crippen molar-refractivity contribution in [2.45, 2.75) is 38.1 Å². The van der Waals surface area contributed by atoms with E-state index in [1.807, 2.05) is 0 Å². The minimum atomic E-state index is 0.593. The molecule has 0 aliphatic heterocycles. The van der Waals surface area contributed by atoms with Gasteiger partial charge >= 0.3 is 0 Å². The Morgan fingerprint density at radius 3 is 2.75 bits per heavy atom. The highest BCUT2D eigenvalue weighted by Crippen LogP contribution is 2.35. The van der Waals surface area contributed by atoms with E-state index < -0.39 is 0 Å². The molecule has 2 rings (SSSR count). The molecule has 1 fully saturated rings. The number of rotatable bonds is 5. The number of hydrogen-bond acceptors (Lipinski definition) is 1. The first-order valence-corrected chi connectivity index (χ1v) is 7.20. The topological polar surface area (TPSA) is 3.24 Å². The largest absolute Gasteiger partial charge is 0.368 e. The van der Waals surface area contributed by atoms with Crippen LogP contribution in [0.4, 0.5) is 5.69 Å². The van der Waals surface area contributed by atoms with E-state index in [0.29, 0.717) is 5.88 Å². The van der Waals surface area contributed by atoms with Crippen LogP contribution in [0.3, 0.4) is 0 Å². The summed E-state index contributed by atoms with van der Waals surface area (Å²) in [6.07, 6.45) is 3.84. The zero-order chi connectivity index (χ0) is 11.5. The summed E-state index contributed by atoms with van der Waals surface area (Å²) >= 11 is 9.56. The Hall–Kier alpha value is -0.210. The highest BCUT2D eigenvalue weighted by molar-refractivity contribution is 9.10. The Balaban J connectivity index is 2.30. The summed E-state index contributed by atoms with van der Waals surface area (Å²) in [5.41, 5.74) is 2.55. The first kappa shape index (κ1) is 12.3. The number of alkyl halides is 1. The van der Waals surface area contributed by atoms with Crippen LogP contribution < -0.4 is 4.90 Å². The molecule has 0 heterocycles. The van der Waals surface area contributed by atoms with E-state index >= 15 is 0 Å². The van der Waals surface area contributed by atoms with Gasteiger partial charge in [-0.15, -0.1) is 11.6 Å². The molecule has 0 aromatic heterocycles. The second kappa shape index (κ2) is 5.42. The second-order valence-electron chi connectivity index (χ2n) is 4.33. The van der Waals surface area contributed by atoms with Gasteiger partial charge in [0.05, 0.1) is 0 Å². The summed E-state index contributed by atoms with van der Waals surface area (Å²) in [6.45, 7) is 3.36. The predicted molar refractivity (Wildman–Crippen MR) is 74.4 cm³/mol. The Morgan fingerprint density at radius 1 is 1.44 bits per heavy atom. The van der Waals surface area contributed by atoms with Gasteiger partial charge in [0, 0.05) is 28.6 Å². The summed E-state index contributed by atoms with van der Waals surface area (Å²) in [6, 6.07) is 7.14. The third kappa shape index (κ3) is 2.72. The molecule has 1 aromatic carbocycles. The number of benzene rings is 1. The van der Waals surface area contributed by atoms with Crippen LogP contribution in [0.2, 0.25) is 0 Å². The Morgan fingerprint density at radius 2 is 2.19 bits per heavy atom. The van der Waals surface area contributed by atoms with Gasteiger partial charge in [-0.1, -0.05) is 28.9 Å². The number of hydrogen-bond donors (Lipinski definition) is 0. The minimum absolute atomic E-state index is 0.593. The number of halogens is 2. The van der Waals surface area contributed by atoms with Gasteiger partial charge in [0.15, 0.2) is 0 Å². The van der Waals surface area contributed by atoms with Crippen LogP contribution in [-0.2, 0) is 5.88 Å². The lowest BCUT2D eigenvalue weighted by Crippen LogP contribution is -2.27. The monoisotopic (exact) mass is 301 g/mol. The van der Waals surface area contributed by atoms with E-state index in [0.717, 1.165) is 17.1 Å². The molecule has 1 nitrogen and oxygen atoms in total. The summed E-state index contributed by atoms with van der Waals surface area (Å²) in [5, 5.41) is 0. The van der Waals surface area contributed by atoms with Gasteiger partial charge in [-0.2, -0.15) is 0 Å². The van der Waals surface area contributed by atoms with Crippen LogP contribution in [0, 0.1) is 0 Å². The molecule has 1 aliphatic carbocycles. The van der Waals surface area contributed by atoms with Crippen LogP contribution in [0.15, 0.2) is 22.7 Å². The summed E-state index contributed by atoms with van der Waals surface area (Å²) in [5.74, 6) is 0.593. The van der Waals surface area contributed by atoms with Gasteiger partial charge in [0.2, 0.25) is 0 Å². The average molecular weight is 303 g/mol. The van der Waals surface area contributed by atoms with Crippen molar-refractivity contribution < 1.29 is 0 Å². The van der Waals surface area contributed by atoms with Crippen molar-refractivity contribution in [3.8, 4) is 0 Å². The van der Waals surface area contributed by atoms with E-state index in [1.165, 1.54) is 30.5 Å². The molecule has 0 unspecified atom stereocenters. The van der Waals surface area contributed by atoms with Crippen molar-refractivity contribution >= 4 is 33.2 Å². The molecule has 0 atom stereocenters. The summed E-state index contributed by atoms with van der Waals surface area (Å²) in [4.78, 5) is 2.52. The molecule has 1 aromatic rings. The Kier molecular flexibility index (Phi) is 4.15. The molecule has 88 valence electrons. The smallest absolute Gasteiger partial charge is 0.0494 e. The number of anilines is 1. The van der Waals surface area contributed by atoms with Crippen molar-refractivity contribution in [1.29, 1.82) is 0 Å². The van der Waals surface area contributed by atoms with Crippen molar-refractivity contribution in [2.75, 3.05) is 11.4 Å². The quantitative estimate of drug-likeness (QED) is 0.720. The molecule has 3 heteroatoms. The lowest BCUT2D eigenvalue weighted by atomic mass is 10.1. The van der Waals surface area contributed by atoms with Gasteiger partial charge in [0.1, 0.15) is 0 Å². The van der Waals surface area contributed by atoms with Crippen LogP contribution in [0.1, 0.15) is 31.7 Å². The van der Waals surface area contributed by atoms with Gasteiger partial charge < -0.3 is 4.90 Å². The lowest BCUT2D eigenvalue weighted by Gasteiger charge is -2.26. The molecule has 0 N–H and O–H groups in total. The second-order valence-corrected chi connectivity index (χ2v) is 5.51.